The molecule has 0 fully saturated rings. The standard InChI is InChI=1S/C24H18O5/c1-3-23(25)28-14-13-27-21-10-7-17(8-11-21)18-5-6-20-16-22(29-24(26)4-2)12-9-19(20)15-18/h3-16H,1-2H2/b14-13-. The Hall–Kier alpha value is -4.12. The third kappa shape index (κ3) is 5.20. The van der Waals surface area contributed by atoms with Crippen LogP contribution in [0.1, 0.15) is 0 Å². The number of rotatable bonds is 7. The Balaban J connectivity index is 1.72. The molecule has 29 heavy (non-hydrogen) atoms. The van der Waals surface area contributed by atoms with E-state index in [1.807, 2.05) is 48.5 Å². The molecule has 0 aromatic heterocycles. The molecule has 5 nitrogen and oxygen atoms in total. The van der Waals surface area contributed by atoms with Crippen molar-refractivity contribution >= 4 is 22.7 Å². The van der Waals surface area contributed by atoms with Crippen molar-refractivity contribution in [2.24, 2.45) is 0 Å². The fourth-order valence-electron chi connectivity index (χ4n) is 2.60. The van der Waals surface area contributed by atoms with Gasteiger partial charge in [0.15, 0.2) is 0 Å². The van der Waals surface area contributed by atoms with E-state index in [4.69, 9.17) is 9.47 Å². The predicted molar refractivity (Wildman–Crippen MR) is 111 cm³/mol. The second-order valence-corrected chi connectivity index (χ2v) is 5.90. The van der Waals surface area contributed by atoms with Crippen molar-refractivity contribution in [2.45, 2.75) is 0 Å². The lowest BCUT2D eigenvalue weighted by Gasteiger charge is -2.07. The highest BCUT2D eigenvalue weighted by Crippen LogP contribution is 2.28. The number of carbonyl (C=O) groups excluding carboxylic acids is 2. The van der Waals surface area contributed by atoms with Crippen LogP contribution < -0.4 is 9.47 Å². The molecule has 0 aliphatic carbocycles. The molecule has 3 rings (SSSR count). The van der Waals surface area contributed by atoms with E-state index in [0.29, 0.717) is 11.5 Å². The van der Waals surface area contributed by atoms with Crippen LogP contribution in [-0.4, -0.2) is 11.9 Å². The zero-order valence-electron chi connectivity index (χ0n) is 15.5. The summed E-state index contributed by atoms with van der Waals surface area (Å²) in [7, 11) is 0. The molecular weight excluding hydrogens is 368 g/mol. The molecule has 0 aliphatic heterocycles. The van der Waals surface area contributed by atoms with Crippen LogP contribution in [0.4, 0.5) is 0 Å². The highest BCUT2D eigenvalue weighted by Gasteiger charge is 2.04. The van der Waals surface area contributed by atoms with Crippen LogP contribution in [0.15, 0.2) is 98.5 Å². The number of hydrogen-bond acceptors (Lipinski definition) is 5. The summed E-state index contributed by atoms with van der Waals surface area (Å²) in [5.74, 6) is 0.0390. The lowest BCUT2D eigenvalue weighted by atomic mass is 10.0. The van der Waals surface area contributed by atoms with Crippen molar-refractivity contribution in [1.29, 1.82) is 0 Å². The van der Waals surface area contributed by atoms with Gasteiger partial charge in [-0.2, -0.15) is 0 Å². The Morgan fingerprint density at radius 2 is 1.31 bits per heavy atom. The van der Waals surface area contributed by atoms with Crippen LogP contribution in [-0.2, 0) is 14.3 Å². The van der Waals surface area contributed by atoms with E-state index in [9.17, 15) is 9.59 Å². The van der Waals surface area contributed by atoms with Gasteiger partial charge in [-0.1, -0.05) is 43.5 Å². The number of hydrogen-bond donors (Lipinski definition) is 0. The van der Waals surface area contributed by atoms with Crippen molar-refractivity contribution in [3.63, 3.8) is 0 Å². The van der Waals surface area contributed by atoms with Crippen LogP contribution in [0.3, 0.4) is 0 Å². The monoisotopic (exact) mass is 386 g/mol. The number of benzene rings is 3. The normalized spacial score (nSPS) is 10.5. The van der Waals surface area contributed by atoms with Gasteiger partial charge < -0.3 is 14.2 Å². The summed E-state index contributed by atoms with van der Waals surface area (Å²) in [5, 5.41) is 1.98. The molecule has 5 heteroatoms. The maximum Gasteiger partial charge on any atom is 0.335 e. The van der Waals surface area contributed by atoms with E-state index < -0.39 is 11.9 Å². The number of fused-ring (bicyclic) bond motifs is 1. The third-order valence-electron chi connectivity index (χ3n) is 4.00. The quantitative estimate of drug-likeness (QED) is 0.242. The molecule has 0 aliphatic rings. The second-order valence-electron chi connectivity index (χ2n) is 5.90. The van der Waals surface area contributed by atoms with Crippen LogP contribution >= 0.6 is 0 Å². The Morgan fingerprint density at radius 1 is 0.690 bits per heavy atom. The first-order chi connectivity index (χ1) is 14.1. The molecule has 0 unspecified atom stereocenters. The van der Waals surface area contributed by atoms with Gasteiger partial charge in [-0.25, -0.2) is 9.59 Å². The summed E-state index contributed by atoms with van der Waals surface area (Å²) in [5.41, 5.74) is 2.05. The zero-order chi connectivity index (χ0) is 20.6. The minimum Gasteiger partial charge on any atom is -0.462 e. The van der Waals surface area contributed by atoms with E-state index in [0.717, 1.165) is 40.3 Å². The largest absolute Gasteiger partial charge is 0.462 e. The van der Waals surface area contributed by atoms with Crippen molar-refractivity contribution < 1.29 is 23.8 Å². The molecule has 0 saturated carbocycles. The Kier molecular flexibility index (Phi) is 6.22. The van der Waals surface area contributed by atoms with Crippen LogP contribution in [0.2, 0.25) is 0 Å². The number of ether oxygens (including phenoxy) is 3. The summed E-state index contributed by atoms with van der Waals surface area (Å²) < 4.78 is 15.2. The van der Waals surface area contributed by atoms with E-state index >= 15 is 0 Å². The molecule has 0 atom stereocenters. The fraction of sp³-hybridized carbons (Fsp3) is 0. The van der Waals surface area contributed by atoms with Gasteiger partial charge in [0, 0.05) is 12.2 Å². The van der Waals surface area contributed by atoms with Crippen molar-refractivity contribution in [1.82, 2.24) is 0 Å². The summed E-state index contributed by atoms with van der Waals surface area (Å²) in [6, 6.07) is 19.0. The van der Waals surface area contributed by atoms with Gasteiger partial charge in [0.2, 0.25) is 0 Å². The summed E-state index contributed by atoms with van der Waals surface area (Å²) >= 11 is 0. The predicted octanol–water partition coefficient (Wildman–Crippen LogP) is 5.18. The van der Waals surface area contributed by atoms with E-state index in [1.54, 1.807) is 6.07 Å². The first-order valence-corrected chi connectivity index (χ1v) is 8.72. The maximum atomic E-state index is 11.3. The minimum atomic E-state index is -0.553. The summed E-state index contributed by atoms with van der Waals surface area (Å²) in [4.78, 5) is 22.3. The van der Waals surface area contributed by atoms with E-state index in [1.165, 1.54) is 6.26 Å². The minimum absolute atomic E-state index is 0.475. The molecule has 0 spiro atoms. The van der Waals surface area contributed by atoms with Gasteiger partial charge in [0.05, 0.1) is 0 Å². The molecule has 0 saturated heterocycles. The zero-order valence-corrected chi connectivity index (χ0v) is 15.5. The summed E-state index contributed by atoms with van der Waals surface area (Å²) in [6.07, 6.45) is 4.63. The highest BCUT2D eigenvalue weighted by atomic mass is 16.5. The lowest BCUT2D eigenvalue weighted by molar-refractivity contribution is -0.132. The smallest absolute Gasteiger partial charge is 0.335 e. The summed E-state index contributed by atoms with van der Waals surface area (Å²) in [6.45, 7) is 6.69. The second kappa shape index (κ2) is 9.19. The van der Waals surface area contributed by atoms with Crippen LogP contribution in [0.25, 0.3) is 21.9 Å². The average Bonchev–Trinajstić information content (AvgIpc) is 2.76. The van der Waals surface area contributed by atoms with Gasteiger partial charge in [0.1, 0.15) is 24.0 Å². The van der Waals surface area contributed by atoms with Crippen molar-refractivity contribution in [3.8, 4) is 22.6 Å². The molecule has 0 bridgehead atoms. The van der Waals surface area contributed by atoms with Crippen LogP contribution in [0, 0.1) is 0 Å². The lowest BCUT2D eigenvalue weighted by Crippen LogP contribution is -2.02. The molecule has 0 N–H and O–H groups in total. The maximum absolute atomic E-state index is 11.3. The van der Waals surface area contributed by atoms with Crippen molar-refractivity contribution in [2.75, 3.05) is 0 Å². The van der Waals surface area contributed by atoms with E-state index in [-0.39, 0.29) is 0 Å². The van der Waals surface area contributed by atoms with E-state index in [2.05, 4.69) is 24.0 Å². The topological polar surface area (TPSA) is 61.8 Å². The molecular formula is C24H18O5. The Morgan fingerprint density at radius 3 is 2.03 bits per heavy atom. The van der Waals surface area contributed by atoms with Gasteiger partial charge in [-0.05, 0) is 52.2 Å². The van der Waals surface area contributed by atoms with Gasteiger partial charge >= 0.3 is 11.9 Å². The Labute approximate surface area is 168 Å². The number of esters is 2. The number of carbonyl (C=O) groups is 2. The van der Waals surface area contributed by atoms with Gasteiger partial charge in [-0.3, -0.25) is 0 Å². The third-order valence-corrected chi connectivity index (χ3v) is 4.00. The molecule has 144 valence electrons. The van der Waals surface area contributed by atoms with Crippen LogP contribution in [0.5, 0.6) is 11.5 Å². The molecule has 3 aromatic carbocycles. The molecule has 0 heterocycles. The first kappa shape index (κ1) is 19.6. The van der Waals surface area contributed by atoms with Crippen molar-refractivity contribution in [3.05, 3.63) is 98.5 Å². The SMILES string of the molecule is C=CC(=O)O/C=C\Oc1ccc(-c2ccc3cc(OC(=O)C=C)ccc3c2)cc1. The average molecular weight is 386 g/mol. The Bertz CT molecular complexity index is 1090. The molecule has 0 radical (unpaired) electrons. The van der Waals surface area contributed by atoms with Gasteiger partial charge in [0.25, 0.3) is 0 Å². The highest BCUT2D eigenvalue weighted by molar-refractivity contribution is 5.90. The first-order valence-electron chi connectivity index (χ1n) is 8.72. The fourth-order valence-corrected chi connectivity index (χ4v) is 2.60. The molecule has 3 aromatic rings. The van der Waals surface area contributed by atoms with Gasteiger partial charge in [-0.15, -0.1) is 0 Å². The molecule has 0 amide bonds.